The zero-order valence-corrected chi connectivity index (χ0v) is 6.27. The number of aliphatic imine (C=N–C) groups is 1. The molecule has 2 heterocycles. The molecular formula is C8H14N2. The van der Waals surface area contributed by atoms with Crippen LogP contribution in [-0.2, 0) is 0 Å². The molecule has 2 heteroatoms. The van der Waals surface area contributed by atoms with Gasteiger partial charge in [-0.1, -0.05) is 6.42 Å². The molecule has 2 aliphatic rings. The Hall–Kier alpha value is -0.530. The first-order valence-corrected chi connectivity index (χ1v) is 4.25. The normalized spacial score (nSPS) is 32.0. The highest BCUT2D eigenvalue weighted by atomic mass is 15.0. The van der Waals surface area contributed by atoms with Crippen LogP contribution in [0.15, 0.2) is 4.99 Å². The molecule has 0 aromatic heterocycles. The average Bonchev–Trinajstić information content (AvgIpc) is 2.28. The van der Waals surface area contributed by atoms with Gasteiger partial charge in [0, 0.05) is 19.0 Å². The SMILES string of the molecule is C1CCC2CCNC2=NC1. The quantitative estimate of drug-likeness (QED) is 0.534. The van der Waals surface area contributed by atoms with Gasteiger partial charge in [0.05, 0.1) is 5.84 Å². The zero-order valence-electron chi connectivity index (χ0n) is 6.27. The summed E-state index contributed by atoms with van der Waals surface area (Å²) in [5, 5.41) is 3.35. The summed E-state index contributed by atoms with van der Waals surface area (Å²) in [4.78, 5) is 4.49. The van der Waals surface area contributed by atoms with Crippen molar-refractivity contribution in [2.45, 2.75) is 25.7 Å². The third kappa shape index (κ3) is 1.02. The molecule has 0 aliphatic carbocycles. The van der Waals surface area contributed by atoms with Crippen LogP contribution >= 0.6 is 0 Å². The maximum absolute atomic E-state index is 4.49. The molecule has 1 N–H and O–H groups in total. The van der Waals surface area contributed by atoms with Crippen molar-refractivity contribution in [2.75, 3.05) is 13.1 Å². The monoisotopic (exact) mass is 138 g/mol. The van der Waals surface area contributed by atoms with Crippen LogP contribution in [0.1, 0.15) is 25.7 Å². The molecule has 2 rings (SSSR count). The van der Waals surface area contributed by atoms with Crippen molar-refractivity contribution in [3.8, 4) is 0 Å². The van der Waals surface area contributed by atoms with E-state index in [-0.39, 0.29) is 0 Å². The van der Waals surface area contributed by atoms with Gasteiger partial charge in [0.1, 0.15) is 0 Å². The van der Waals surface area contributed by atoms with Gasteiger partial charge in [-0.15, -0.1) is 0 Å². The van der Waals surface area contributed by atoms with E-state index in [1.54, 1.807) is 0 Å². The molecule has 1 atom stereocenters. The van der Waals surface area contributed by atoms with Crippen LogP contribution in [0.4, 0.5) is 0 Å². The molecule has 0 bridgehead atoms. The van der Waals surface area contributed by atoms with E-state index >= 15 is 0 Å². The number of fused-ring (bicyclic) bond motifs is 1. The molecule has 0 radical (unpaired) electrons. The molecule has 1 unspecified atom stereocenters. The van der Waals surface area contributed by atoms with Gasteiger partial charge in [0.2, 0.25) is 0 Å². The van der Waals surface area contributed by atoms with Gasteiger partial charge in [-0.3, -0.25) is 4.99 Å². The van der Waals surface area contributed by atoms with Crippen LogP contribution in [0.25, 0.3) is 0 Å². The Morgan fingerprint density at radius 1 is 1.30 bits per heavy atom. The Labute approximate surface area is 61.7 Å². The molecule has 0 amide bonds. The molecular weight excluding hydrogens is 124 g/mol. The van der Waals surface area contributed by atoms with Crippen LogP contribution < -0.4 is 5.32 Å². The fraction of sp³-hybridized carbons (Fsp3) is 0.875. The van der Waals surface area contributed by atoms with Crippen molar-refractivity contribution in [2.24, 2.45) is 10.9 Å². The Morgan fingerprint density at radius 3 is 3.30 bits per heavy atom. The van der Waals surface area contributed by atoms with Crippen molar-refractivity contribution >= 4 is 5.84 Å². The molecule has 1 saturated heterocycles. The zero-order chi connectivity index (χ0) is 6.81. The number of hydrogen-bond donors (Lipinski definition) is 1. The highest BCUT2D eigenvalue weighted by molar-refractivity contribution is 5.86. The second kappa shape index (κ2) is 2.60. The van der Waals surface area contributed by atoms with Gasteiger partial charge in [0.25, 0.3) is 0 Å². The van der Waals surface area contributed by atoms with Crippen LogP contribution in [0.2, 0.25) is 0 Å². The number of hydrogen-bond acceptors (Lipinski definition) is 2. The first kappa shape index (κ1) is 6.20. The van der Waals surface area contributed by atoms with Crippen molar-refractivity contribution in [1.29, 1.82) is 0 Å². The summed E-state index contributed by atoms with van der Waals surface area (Å²) in [6.45, 7) is 2.21. The number of nitrogens with zero attached hydrogens (tertiary/aromatic N) is 1. The second-order valence-corrected chi connectivity index (χ2v) is 3.18. The summed E-state index contributed by atoms with van der Waals surface area (Å²) in [5.74, 6) is 2.10. The molecule has 1 fully saturated rings. The third-order valence-corrected chi connectivity index (χ3v) is 2.43. The van der Waals surface area contributed by atoms with E-state index in [1.807, 2.05) is 0 Å². The van der Waals surface area contributed by atoms with Crippen LogP contribution in [-0.4, -0.2) is 18.9 Å². The van der Waals surface area contributed by atoms with Gasteiger partial charge in [-0.05, 0) is 19.3 Å². The van der Waals surface area contributed by atoms with Crippen molar-refractivity contribution in [3.05, 3.63) is 0 Å². The number of amidine groups is 1. The van der Waals surface area contributed by atoms with E-state index in [9.17, 15) is 0 Å². The van der Waals surface area contributed by atoms with E-state index in [2.05, 4.69) is 10.3 Å². The topological polar surface area (TPSA) is 24.4 Å². The van der Waals surface area contributed by atoms with Gasteiger partial charge in [0.15, 0.2) is 0 Å². The molecule has 2 aliphatic heterocycles. The van der Waals surface area contributed by atoms with E-state index in [0.29, 0.717) is 0 Å². The first-order valence-electron chi connectivity index (χ1n) is 4.25. The number of nitrogens with one attached hydrogen (secondary N) is 1. The average molecular weight is 138 g/mol. The third-order valence-electron chi connectivity index (χ3n) is 2.43. The molecule has 56 valence electrons. The van der Waals surface area contributed by atoms with Crippen LogP contribution in [0.3, 0.4) is 0 Å². The Morgan fingerprint density at radius 2 is 2.30 bits per heavy atom. The maximum Gasteiger partial charge on any atom is 0.0995 e. The molecule has 0 aromatic rings. The van der Waals surface area contributed by atoms with E-state index < -0.39 is 0 Å². The van der Waals surface area contributed by atoms with Crippen molar-refractivity contribution < 1.29 is 0 Å². The van der Waals surface area contributed by atoms with Gasteiger partial charge < -0.3 is 5.32 Å². The van der Waals surface area contributed by atoms with Crippen LogP contribution in [0, 0.1) is 5.92 Å². The predicted molar refractivity (Wildman–Crippen MR) is 42.3 cm³/mol. The fourth-order valence-electron chi connectivity index (χ4n) is 1.82. The Kier molecular flexibility index (Phi) is 1.61. The van der Waals surface area contributed by atoms with Gasteiger partial charge >= 0.3 is 0 Å². The largest absolute Gasteiger partial charge is 0.374 e. The summed E-state index contributed by atoms with van der Waals surface area (Å²) in [5.41, 5.74) is 0. The smallest absolute Gasteiger partial charge is 0.0995 e. The lowest BCUT2D eigenvalue weighted by Gasteiger charge is -2.04. The Balaban J connectivity index is 2.10. The minimum absolute atomic E-state index is 0.794. The summed E-state index contributed by atoms with van der Waals surface area (Å²) in [6.07, 6.45) is 5.35. The molecule has 0 saturated carbocycles. The first-order chi connectivity index (χ1) is 4.97. The van der Waals surface area contributed by atoms with Gasteiger partial charge in [-0.25, -0.2) is 0 Å². The van der Waals surface area contributed by atoms with Crippen molar-refractivity contribution in [3.63, 3.8) is 0 Å². The maximum atomic E-state index is 4.49. The predicted octanol–water partition coefficient (Wildman–Crippen LogP) is 1.18. The molecule has 2 nitrogen and oxygen atoms in total. The summed E-state index contributed by atoms with van der Waals surface area (Å²) in [7, 11) is 0. The minimum atomic E-state index is 0.794. The summed E-state index contributed by atoms with van der Waals surface area (Å²) < 4.78 is 0. The lowest BCUT2D eigenvalue weighted by molar-refractivity contribution is 0.589. The Bertz CT molecular complexity index is 151. The molecule has 10 heavy (non-hydrogen) atoms. The van der Waals surface area contributed by atoms with E-state index in [4.69, 9.17) is 0 Å². The van der Waals surface area contributed by atoms with Gasteiger partial charge in [-0.2, -0.15) is 0 Å². The lowest BCUT2D eigenvalue weighted by Crippen LogP contribution is -2.19. The number of rotatable bonds is 0. The van der Waals surface area contributed by atoms with E-state index in [1.165, 1.54) is 31.5 Å². The highest BCUT2D eigenvalue weighted by Crippen LogP contribution is 2.20. The molecule has 0 spiro atoms. The lowest BCUT2D eigenvalue weighted by atomic mass is 10.0. The highest BCUT2D eigenvalue weighted by Gasteiger charge is 2.22. The molecule has 0 aromatic carbocycles. The second-order valence-electron chi connectivity index (χ2n) is 3.18. The van der Waals surface area contributed by atoms with E-state index in [0.717, 1.165) is 19.0 Å². The fourth-order valence-corrected chi connectivity index (χ4v) is 1.82. The summed E-state index contributed by atoms with van der Waals surface area (Å²) in [6, 6.07) is 0. The van der Waals surface area contributed by atoms with Crippen LogP contribution in [0.5, 0.6) is 0 Å². The summed E-state index contributed by atoms with van der Waals surface area (Å²) >= 11 is 0. The minimum Gasteiger partial charge on any atom is -0.374 e. The van der Waals surface area contributed by atoms with Crippen molar-refractivity contribution in [1.82, 2.24) is 5.32 Å². The standard InChI is InChI=1S/C8H14N2/c1-2-5-9-8-7(3-1)4-6-10-8/h7H,1-6H2,(H,9,10).